The summed E-state index contributed by atoms with van der Waals surface area (Å²) in [4.78, 5) is 37.3. The molecule has 1 aliphatic rings. The Bertz CT molecular complexity index is 1310. The molecule has 2 aromatic rings. The highest BCUT2D eigenvalue weighted by molar-refractivity contribution is 6.39. The van der Waals surface area contributed by atoms with E-state index in [2.05, 4.69) is 15.4 Å². The van der Waals surface area contributed by atoms with Crippen molar-refractivity contribution in [2.75, 3.05) is 24.9 Å². The number of para-hydroxylation sites is 1. The average molecular weight is 531 g/mol. The number of esters is 2. The van der Waals surface area contributed by atoms with Gasteiger partial charge in [-0.1, -0.05) is 41.4 Å². The molecule has 186 valence electrons. The molecule has 0 fully saturated rings. The van der Waals surface area contributed by atoms with Gasteiger partial charge in [0, 0.05) is 5.69 Å². The maximum absolute atomic E-state index is 12.7. The third kappa shape index (κ3) is 5.71. The molecule has 0 aromatic heterocycles. The first-order valence-corrected chi connectivity index (χ1v) is 11.0. The van der Waals surface area contributed by atoms with Gasteiger partial charge in [-0.05, 0) is 29.8 Å². The SMILES string of the molecule is COC(=O)CC1=C(C(=O)OC)C(c2cccc(NC(=O)Nc3c(Cl)cccc3Cl)c2)C(C#N)=C(N)O1. The Balaban J connectivity index is 2.00. The van der Waals surface area contributed by atoms with Crippen LogP contribution in [0.2, 0.25) is 10.0 Å². The maximum atomic E-state index is 12.7. The molecule has 2 amide bonds. The zero-order chi connectivity index (χ0) is 26.4. The van der Waals surface area contributed by atoms with E-state index in [0.717, 1.165) is 7.11 Å². The second kappa shape index (κ2) is 11.5. The molecule has 0 aliphatic carbocycles. The van der Waals surface area contributed by atoms with Crippen molar-refractivity contribution in [1.29, 1.82) is 5.26 Å². The minimum atomic E-state index is -1.04. The van der Waals surface area contributed by atoms with Crippen molar-refractivity contribution in [2.24, 2.45) is 5.73 Å². The molecular weight excluding hydrogens is 511 g/mol. The number of amides is 2. The number of hydrogen-bond acceptors (Lipinski definition) is 8. The van der Waals surface area contributed by atoms with E-state index in [-0.39, 0.29) is 38.5 Å². The Morgan fingerprint density at radius 1 is 1.08 bits per heavy atom. The lowest BCUT2D eigenvalue weighted by Crippen LogP contribution is -2.27. The molecule has 1 aliphatic heterocycles. The number of nitrogens with one attached hydrogen (secondary N) is 2. The Kier molecular flexibility index (Phi) is 8.42. The molecule has 0 spiro atoms. The minimum Gasteiger partial charge on any atom is -0.469 e. The first kappa shape index (κ1) is 26.4. The number of allylic oxidation sites excluding steroid dienone is 1. The summed E-state index contributed by atoms with van der Waals surface area (Å²) in [6.07, 6.45) is -0.421. The molecule has 1 heterocycles. The van der Waals surface area contributed by atoms with E-state index in [0.29, 0.717) is 11.3 Å². The number of carbonyl (C=O) groups excluding carboxylic acids is 3. The van der Waals surface area contributed by atoms with Crippen LogP contribution in [0.3, 0.4) is 0 Å². The van der Waals surface area contributed by atoms with Gasteiger partial charge in [0.2, 0.25) is 5.88 Å². The van der Waals surface area contributed by atoms with Crippen molar-refractivity contribution in [3.05, 3.63) is 80.9 Å². The largest absolute Gasteiger partial charge is 0.469 e. The molecular formula is C24H20Cl2N4O6. The van der Waals surface area contributed by atoms with Crippen LogP contribution in [0.4, 0.5) is 16.2 Å². The van der Waals surface area contributed by atoms with E-state index in [1.54, 1.807) is 36.4 Å². The fourth-order valence-electron chi connectivity index (χ4n) is 3.51. The number of halogens is 2. The fourth-order valence-corrected chi connectivity index (χ4v) is 4.00. The lowest BCUT2D eigenvalue weighted by atomic mass is 9.82. The lowest BCUT2D eigenvalue weighted by molar-refractivity contribution is -0.140. The van der Waals surface area contributed by atoms with Gasteiger partial charge >= 0.3 is 18.0 Å². The topological polar surface area (TPSA) is 153 Å². The van der Waals surface area contributed by atoms with Crippen LogP contribution in [0.5, 0.6) is 0 Å². The molecule has 4 N–H and O–H groups in total. The van der Waals surface area contributed by atoms with Crippen molar-refractivity contribution in [3.8, 4) is 6.07 Å². The summed E-state index contributed by atoms with van der Waals surface area (Å²) in [6.45, 7) is 0. The van der Waals surface area contributed by atoms with E-state index in [1.807, 2.05) is 6.07 Å². The second-order valence-corrected chi connectivity index (χ2v) is 8.12. The Labute approximate surface area is 216 Å². The van der Waals surface area contributed by atoms with E-state index in [1.165, 1.54) is 13.2 Å². The van der Waals surface area contributed by atoms with E-state index in [9.17, 15) is 19.6 Å². The number of benzene rings is 2. The third-order valence-corrected chi connectivity index (χ3v) is 5.74. The molecule has 10 nitrogen and oxygen atoms in total. The number of nitriles is 1. The molecule has 1 atom stereocenters. The molecule has 1 unspecified atom stereocenters. The van der Waals surface area contributed by atoms with Crippen LogP contribution in [0.1, 0.15) is 17.9 Å². The summed E-state index contributed by atoms with van der Waals surface area (Å²) in [5.41, 5.74) is 6.72. The summed E-state index contributed by atoms with van der Waals surface area (Å²) >= 11 is 12.2. The van der Waals surface area contributed by atoms with Gasteiger partial charge in [-0.2, -0.15) is 5.26 Å². The van der Waals surface area contributed by atoms with E-state index < -0.39 is 30.3 Å². The van der Waals surface area contributed by atoms with Crippen LogP contribution >= 0.6 is 23.2 Å². The van der Waals surface area contributed by atoms with Crippen LogP contribution < -0.4 is 16.4 Å². The van der Waals surface area contributed by atoms with Gasteiger partial charge in [0.15, 0.2) is 0 Å². The molecule has 2 aromatic carbocycles. The average Bonchev–Trinajstić information content (AvgIpc) is 2.85. The third-order valence-electron chi connectivity index (χ3n) is 5.11. The van der Waals surface area contributed by atoms with Crippen molar-refractivity contribution in [3.63, 3.8) is 0 Å². The van der Waals surface area contributed by atoms with Gasteiger partial charge in [-0.3, -0.25) is 4.79 Å². The van der Waals surface area contributed by atoms with E-state index >= 15 is 0 Å². The summed E-state index contributed by atoms with van der Waals surface area (Å²) in [5, 5.41) is 15.5. The lowest BCUT2D eigenvalue weighted by Gasteiger charge is -2.27. The van der Waals surface area contributed by atoms with Crippen LogP contribution in [-0.2, 0) is 23.8 Å². The first-order valence-electron chi connectivity index (χ1n) is 10.3. The smallest absolute Gasteiger partial charge is 0.338 e. The van der Waals surface area contributed by atoms with Crippen LogP contribution in [0.25, 0.3) is 0 Å². The van der Waals surface area contributed by atoms with Crippen LogP contribution in [0.15, 0.2) is 65.3 Å². The summed E-state index contributed by atoms with van der Waals surface area (Å²) in [5.74, 6) is -2.95. The number of ether oxygens (including phenoxy) is 3. The zero-order valence-electron chi connectivity index (χ0n) is 19.1. The molecule has 0 radical (unpaired) electrons. The number of urea groups is 1. The molecule has 0 saturated heterocycles. The quantitative estimate of drug-likeness (QED) is 0.463. The minimum absolute atomic E-state index is 0.0755. The standard InChI is InChI=1S/C24H20Cl2N4O6/c1-34-18(31)10-17-20(23(32)35-2)19(14(11-27)22(28)36-17)12-5-3-6-13(9-12)29-24(33)30-21-15(25)7-4-8-16(21)26/h3-9,19H,10,28H2,1-2H3,(H2,29,30,33). The molecule has 3 rings (SSSR count). The summed E-state index contributed by atoms with van der Waals surface area (Å²) in [7, 11) is 2.33. The monoisotopic (exact) mass is 530 g/mol. The number of hydrogen-bond donors (Lipinski definition) is 3. The van der Waals surface area contributed by atoms with Gasteiger partial charge in [0.1, 0.15) is 23.8 Å². The summed E-state index contributed by atoms with van der Waals surface area (Å²) in [6, 6.07) is 12.4. The molecule has 12 heteroatoms. The highest BCUT2D eigenvalue weighted by atomic mass is 35.5. The summed E-state index contributed by atoms with van der Waals surface area (Å²) < 4.78 is 15.0. The fraction of sp³-hybridized carbons (Fsp3) is 0.167. The van der Waals surface area contributed by atoms with Gasteiger partial charge in [0.05, 0.1) is 41.4 Å². The second-order valence-electron chi connectivity index (χ2n) is 7.31. The number of nitrogens with two attached hydrogens (primary N) is 1. The van der Waals surface area contributed by atoms with Gasteiger partial charge in [0.25, 0.3) is 0 Å². The van der Waals surface area contributed by atoms with Gasteiger partial charge in [-0.25, -0.2) is 9.59 Å². The zero-order valence-corrected chi connectivity index (χ0v) is 20.6. The van der Waals surface area contributed by atoms with Crippen LogP contribution in [0, 0.1) is 11.3 Å². The first-order chi connectivity index (χ1) is 17.2. The highest BCUT2D eigenvalue weighted by Crippen LogP contribution is 2.41. The number of nitrogens with zero attached hydrogens (tertiary/aromatic N) is 1. The number of methoxy groups -OCH3 is 2. The predicted octanol–water partition coefficient (Wildman–Crippen LogP) is 4.44. The number of carbonyl (C=O) groups is 3. The highest BCUT2D eigenvalue weighted by Gasteiger charge is 2.38. The Morgan fingerprint density at radius 3 is 2.36 bits per heavy atom. The Hall–Kier alpha value is -4.20. The maximum Gasteiger partial charge on any atom is 0.338 e. The number of rotatable bonds is 6. The van der Waals surface area contributed by atoms with Gasteiger partial charge in [-0.15, -0.1) is 0 Å². The van der Waals surface area contributed by atoms with Gasteiger partial charge < -0.3 is 30.6 Å². The van der Waals surface area contributed by atoms with Crippen molar-refractivity contribution in [2.45, 2.75) is 12.3 Å². The Morgan fingerprint density at radius 2 is 1.75 bits per heavy atom. The molecule has 0 bridgehead atoms. The van der Waals surface area contributed by atoms with Crippen LogP contribution in [-0.4, -0.2) is 32.2 Å². The number of anilines is 2. The molecule has 36 heavy (non-hydrogen) atoms. The van der Waals surface area contributed by atoms with Crippen molar-refractivity contribution >= 4 is 52.5 Å². The predicted molar refractivity (Wildman–Crippen MR) is 132 cm³/mol. The molecule has 0 saturated carbocycles. The van der Waals surface area contributed by atoms with Crippen molar-refractivity contribution in [1.82, 2.24) is 0 Å². The van der Waals surface area contributed by atoms with E-state index in [4.69, 9.17) is 38.4 Å². The van der Waals surface area contributed by atoms with Crippen molar-refractivity contribution < 1.29 is 28.6 Å². The normalized spacial score (nSPS) is 14.9.